The van der Waals surface area contributed by atoms with Crippen molar-refractivity contribution in [1.29, 1.82) is 0 Å². The molecule has 0 aliphatic rings. The molecule has 0 aromatic heterocycles. The summed E-state index contributed by atoms with van der Waals surface area (Å²) in [5.74, 6) is -1.12. The zero-order valence-corrected chi connectivity index (χ0v) is 11.4. The van der Waals surface area contributed by atoms with Crippen molar-refractivity contribution < 1.29 is 14.7 Å². The zero-order valence-electron chi connectivity index (χ0n) is 11.4. The topological polar surface area (TPSA) is 92.4 Å². The Morgan fingerprint density at radius 2 is 2.00 bits per heavy atom. The third-order valence-corrected chi connectivity index (χ3v) is 2.81. The van der Waals surface area contributed by atoms with E-state index in [1.807, 2.05) is 13.8 Å². The van der Waals surface area contributed by atoms with Gasteiger partial charge in [0.25, 0.3) is 0 Å². The molecule has 1 aromatic carbocycles. The summed E-state index contributed by atoms with van der Waals surface area (Å²) in [5, 5.41) is 11.8. The standard InChI is InChI=1S/C14H20N2O3/c1-8(2)7-10(15)13(17)16-11-6-4-5-9(3)12(11)14(18)19/h4-6,8,10H,7,15H2,1-3H3,(H,16,17)(H,18,19). The number of hydrogen-bond acceptors (Lipinski definition) is 3. The van der Waals surface area contributed by atoms with E-state index in [4.69, 9.17) is 10.8 Å². The molecule has 5 nitrogen and oxygen atoms in total. The lowest BCUT2D eigenvalue weighted by atomic mass is 10.0. The third-order valence-electron chi connectivity index (χ3n) is 2.81. The molecule has 0 heterocycles. The minimum atomic E-state index is -1.06. The van der Waals surface area contributed by atoms with Crippen molar-refractivity contribution in [3.63, 3.8) is 0 Å². The summed E-state index contributed by atoms with van der Waals surface area (Å²) in [6.45, 7) is 5.64. The predicted molar refractivity (Wildman–Crippen MR) is 74.2 cm³/mol. The van der Waals surface area contributed by atoms with Crippen molar-refractivity contribution >= 4 is 17.6 Å². The van der Waals surface area contributed by atoms with E-state index in [2.05, 4.69) is 5.32 Å². The molecular weight excluding hydrogens is 244 g/mol. The minimum Gasteiger partial charge on any atom is -0.478 e. The van der Waals surface area contributed by atoms with Gasteiger partial charge in [-0.1, -0.05) is 26.0 Å². The van der Waals surface area contributed by atoms with E-state index in [1.165, 1.54) is 0 Å². The van der Waals surface area contributed by atoms with Crippen molar-refractivity contribution in [3.05, 3.63) is 29.3 Å². The second-order valence-corrected chi connectivity index (χ2v) is 5.03. The van der Waals surface area contributed by atoms with Crippen LogP contribution in [-0.2, 0) is 4.79 Å². The number of aromatic carboxylic acids is 1. The summed E-state index contributed by atoms with van der Waals surface area (Å²) in [7, 11) is 0. The van der Waals surface area contributed by atoms with Gasteiger partial charge in [0.1, 0.15) is 0 Å². The molecule has 0 fully saturated rings. The molecule has 0 spiro atoms. The van der Waals surface area contributed by atoms with Gasteiger partial charge < -0.3 is 16.2 Å². The SMILES string of the molecule is Cc1cccc(NC(=O)C(N)CC(C)C)c1C(=O)O. The maximum Gasteiger partial charge on any atom is 0.338 e. The minimum absolute atomic E-state index is 0.104. The number of anilines is 1. The molecule has 104 valence electrons. The predicted octanol–water partition coefficient (Wildman–Crippen LogP) is 2.01. The van der Waals surface area contributed by atoms with E-state index < -0.39 is 12.0 Å². The Kier molecular flexibility index (Phi) is 5.06. The Bertz CT molecular complexity index is 484. The molecule has 1 unspecified atom stereocenters. The van der Waals surface area contributed by atoms with Gasteiger partial charge in [-0.15, -0.1) is 0 Å². The Morgan fingerprint density at radius 3 is 2.53 bits per heavy atom. The first-order valence-electron chi connectivity index (χ1n) is 6.22. The number of nitrogens with one attached hydrogen (secondary N) is 1. The largest absolute Gasteiger partial charge is 0.478 e. The van der Waals surface area contributed by atoms with Crippen LogP contribution in [0.1, 0.15) is 36.2 Å². The number of nitrogens with two attached hydrogens (primary N) is 1. The number of carbonyl (C=O) groups excluding carboxylic acids is 1. The molecule has 1 rings (SSSR count). The van der Waals surface area contributed by atoms with Gasteiger partial charge >= 0.3 is 5.97 Å². The number of aryl methyl sites for hydroxylation is 1. The molecule has 1 amide bonds. The fraction of sp³-hybridized carbons (Fsp3) is 0.429. The summed E-state index contributed by atoms with van der Waals surface area (Å²) in [5.41, 5.74) is 6.76. The first kappa shape index (κ1) is 15.2. The van der Waals surface area contributed by atoms with E-state index in [0.29, 0.717) is 17.9 Å². The van der Waals surface area contributed by atoms with Gasteiger partial charge in [-0.25, -0.2) is 4.79 Å². The molecule has 0 bridgehead atoms. The number of carboxylic acids is 1. The second kappa shape index (κ2) is 6.33. The number of benzene rings is 1. The molecule has 0 saturated heterocycles. The van der Waals surface area contributed by atoms with Gasteiger partial charge in [-0.2, -0.15) is 0 Å². The van der Waals surface area contributed by atoms with E-state index in [1.54, 1.807) is 25.1 Å². The Morgan fingerprint density at radius 1 is 1.37 bits per heavy atom. The van der Waals surface area contributed by atoms with Crippen molar-refractivity contribution in [2.45, 2.75) is 33.2 Å². The van der Waals surface area contributed by atoms with Crippen molar-refractivity contribution in [1.82, 2.24) is 0 Å². The van der Waals surface area contributed by atoms with Crippen LogP contribution in [0.15, 0.2) is 18.2 Å². The Hall–Kier alpha value is -1.88. The highest BCUT2D eigenvalue weighted by atomic mass is 16.4. The van der Waals surface area contributed by atoms with Crippen LogP contribution >= 0.6 is 0 Å². The van der Waals surface area contributed by atoms with E-state index >= 15 is 0 Å². The normalized spacial score (nSPS) is 12.3. The van der Waals surface area contributed by atoms with Crippen LogP contribution in [0.3, 0.4) is 0 Å². The lowest BCUT2D eigenvalue weighted by Gasteiger charge is -2.16. The first-order valence-corrected chi connectivity index (χ1v) is 6.22. The summed E-state index contributed by atoms with van der Waals surface area (Å²) in [6, 6.07) is 4.32. The van der Waals surface area contributed by atoms with Gasteiger partial charge in [-0.05, 0) is 30.9 Å². The lowest BCUT2D eigenvalue weighted by molar-refractivity contribution is -0.117. The number of carbonyl (C=O) groups is 2. The lowest BCUT2D eigenvalue weighted by Crippen LogP contribution is -2.37. The van der Waals surface area contributed by atoms with Crippen LogP contribution in [0.4, 0.5) is 5.69 Å². The second-order valence-electron chi connectivity index (χ2n) is 5.03. The highest BCUT2D eigenvalue weighted by Gasteiger charge is 2.19. The molecule has 4 N–H and O–H groups in total. The first-order chi connectivity index (χ1) is 8.82. The quantitative estimate of drug-likeness (QED) is 0.758. The average Bonchev–Trinajstić information content (AvgIpc) is 2.27. The molecule has 1 aromatic rings. The van der Waals surface area contributed by atoms with Gasteiger partial charge in [0, 0.05) is 0 Å². The summed E-state index contributed by atoms with van der Waals surface area (Å²) in [6.07, 6.45) is 0.556. The maximum atomic E-state index is 11.9. The number of rotatable bonds is 5. The Labute approximate surface area is 112 Å². The zero-order chi connectivity index (χ0) is 14.6. The summed E-state index contributed by atoms with van der Waals surface area (Å²) in [4.78, 5) is 23.1. The van der Waals surface area contributed by atoms with Crippen LogP contribution in [0, 0.1) is 12.8 Å². The van der Waals surface area contributed by atoms with Crippen molar-refractivity contribution in [2.75, 3.05) is 5.32 Å². The van der Waals surface area contributed by atoms with Gasteiger partial charge in [0.15, 0.2) is 0 Å². The molecule has 0 aliphatic heterocycles. The average molecular weight is 264 g/mol. The molecule has 19 heavy (non-hydrogen) atoms. The third kappa shape index (κ3) is 4.06. The number of hydrogen-bond donors (Lipinski definition) is 3. The van der Waals surface area contributed by atoms with Crippen LogP contribution < -0.4 is 11.1 Å². The van der Waals surface area contributed by atoms with E-state index in [0.717, 1.165) is 0 Å². The van der Waals surface area contributed by atoms with Gasteiger partial charge in [0.2, 0.25) is 5.91 Å². The van der Waals surface area contributed by atoms with Crippen LogP contribution in [0.5, 0.6) is 0 Å². The Balaban J connectivity index is 2.91. The monoisotopic (exact) mass is 264 g/mol. The summed E-state index contributed by atoms with van der Waals surface area (Å²) < 4.78 is 0. The highest BCUT2D eigenvalue weighted by molar-refractivity contribution is 6.02. The van der Waals surface area contributed by atoms with E-state index in [-0.39, 0.29) is 17.2 Å². The maximum absolute atomic E-state index is 11.9. The van der Waals surface area contributed by atoms with E-state index in [9.17, 15) is 9.59 Å². The molecule has 0 aliphatic carbocycles. The van der Waals surface area contributed by atoms with Crippen LogP contribution in [-0.4, -0.2) is 23.0 Å². The molecule has 0 saturated carbocycles. The smallest absolute Gasteiger partial charge is 0.338 e. The number of carboxylic acid groups (broad SMARTS) is 1. The number of amides is 1. The van der Waals surface area contributed by atoms with Crippen LogP contribution in [0.25, 0.3) is 0 Å². The highest BCUT2D eigenvalue weighted by Crippen LogP contribution is 2.20. The molecule has 0 radical (unpaired) electrons. The van der Waals surface area contributed by atoms with Crippen molar-refractivity contribution in [2.24, 2.45) is 11.7 Å². The molecule has 5 heteroatoms. The molecular formula is C14H20N2O3. The fourth-order valence-corrected chi connectivity index (χ4v) is 1.90. The fourth-order valence-electron chi connectivity index (χ4n) is 1.90. The van der Waals surface area contributed by atoms with Crippen LogP contribution in [0.2, 0.25) is 0 Å². The van der Waals surface area contributed by atoms with Gasteiger partial charge in [0.05, 0.1) is 17.3 Å². The molecule has 1 atom stereocenters. The van der Waals surface area contributed by atoms with Crippen molar-refractivity contribution in [3.8, 4) is 0 Å². The summed E-state index contributed by atoms with van der Waals surface area (Å²) >= 11 is 0. The van der Waals surface area contributed by atoms with Gasteiger partial charge in [-0.3, -0.25) is 4.79 Å².